The number of aryl methyl sites for hydroxylation is 4. The van der Waals surface area contributed by atoms with E-state index < -0.39 is 0 Å². The maximum Gasteiger partial charge on any atom is 0.219 e. The Hall–Kier alpha value is -3.90. The number of hydrogen-bond donors (Lipinski definition) is 0. The van der Waals surface area contributed by atoms with Gasteiger partial charge in [0.25, 0.3) is 0 Å². The van der Waals surface area contributed by atoms with Crippen molar-refractivity contribution >= 4 is 27.6 Å². The van der Waals surface area contributed by atoms with Gasteiger partial charge in [0, 0.05) is 28.0 Å². The Morgan fingerprint density at radius 3 is 2.09 bits per heavy atom. The van der Waals surface area contributed by atoms with Gasteiger partial charge in [0.1, 0.15) is 18.2 Å². The van der Waals surface area contributed by atoms with Crippen LogP contribution in [0.25, 0.3) is 49.2 Å². The topological polar surface area (TPSA) is 21.4 Å². The highest BCUT2D eigenvalue weighted by Crippen LogP contribution is 2.44. The van der Waals surface area contributed by atoms with Gasteiger partial charge in [0.15, 0.2) is 11.9 Å². The van der Waals surface area contributed by atoms with Crippen molar-refractivity contribution in [3.8, 4) is 22.4 Å². The smallest absolute Gasteiger partial charge is 0.219 e. The first-order chi connectivity index (χ1) is 15.4. The zero-order valence-corrected chi connectivity index (χ0v) is 19.1. The molecule has 156 valence electrons. The molecule has 5 aromatic rings. The van der Waals surface area contributed by atoms with E-state index >= 15 is 0 Å². The van der Waals surface area contributed by atoms with E-state index in [1.165, 1.54) is 22.3 Å². The van der Waals surface area contributed by atoms with Crippen LogP contribution < -0.4 is 4.57 Å². The lowest BCUT2D eigenvalue weighted by molar-refractivity contribution is -0.660. The minimum absolute atomic E-state index is 0.607. The van der Waals surface area contributed by atoms with Crippen molar-refractivity contribution in [3.63, 3.8) is 0 Å². The molecule has 0 atom stereocenters. The summed E-state index contributed by atoms with van der Waals surface area (Å²) in [6.07, 6.45) is 2.10. The van der Waals surface area contributed by atoms with Gasteiger partial charge in [-0.05, 0) is 44.4 Å². The second kappa shape index (κ2) is 7.35. The summed E-state index contributed by atoms with van der Waals surface area (Å²) in [7, 11) is 2.08. The SMILES string of the molecule is [C-]#[N+]c1ccc2c(oc3c(-c4c(C)c(C)cc[n+]4C)c(C)ccc32)c1-c1ccc(C)cc1. The zero-order valence-electron chi connectivity index (χ0n) is 19.1. The van der Waals surface area contributed by atoms with Crippen molar-refractivity contribution in [1.82, 2.24) is 0 Å². The number of benzene rings is 3. The van der Waals surface area contributed by atoms with E-state index in [9.17, 15) is 0 Å². The number of furan rings is 1. The van der Waals surface area contributed by atoms with Crippen LogP contribution in [0, 0.1) is 34.3 Å². The summed E-state index contributed by atoms with van der Waals surface area (Å²) in [6.45, 7) is 16.3. The predicted octanol–water partition coefficient (Wildman–Crippen LogP) is 7.53. The minimum atomic E-state index is 0.607. The summed E-state index contributed by atoms with van der Waals surface area (Å²) >= 11 is 0. The van der Waals surface area contributed by atoms with Crippen molar-refractivity contribution in [3.05, 3.63) is 94.5 Å². The Labute approximate surface area is 188 Å². The van der Waals surface area contributed by atoms with Gasteiger partial charge in [0.2, 0.25) is 5.69 Å². The standard InChI is InChI=1S/C29H25N2O/c1-17-7-10-21(11-8-17)26-24(30-5)14-13-23-22-12-9-19(3)25(28(22)32-29(23)26)27-20(4)18(2)15-16-31(27)6/h7-16H,1-4,6H3/q+1. The van der Waals surface area contributed by atoms with Crippen LogP contribution in [-0.4, -0.2) is 0 Å². The molecule has 0 bridgehead atoms. The average Bonchev–Trinajstić information content (AvgIpc) is 3.16. The van der Waals surface area contributed by atoms with Crippen molar-refractivity contribution in [2.24, 2.45) is 7.05 Å². The third kappa shape index (κ3) is 2.92. The van der Waals surface area contributed by atoms with Gasteiger partial charge >= 0.3 is 0 Å². The van der Waals surface area contributed by atoms with Crippen LogP contribution in [0.1, 0.15) is 22.3 Å². The maximum atomic E-state index is 7.76. The summed E-state index contributed by atoms with van der Waals surface area (Å²) in [5, 5.41) is 2.11. The number of pyridine rings is 1. The first kappa shape index (κ1) is 20.0. The van der Waals surface area contributed by atoms with E-state index in [0.29, 0.717) is 5.69 Å². The number of nitrogens with zero attached hydrogens (tertiary/aromatic N) is 2. The van der Waals surface area contributed by atoms with E-state index in [2.05, 4.69) is 92.8 Å². The van der Waals surface area contributed by atoms with Gasteiger partial charge in [-0.25, -0.2) is 9.41 Å². The lowest BCUT2D eigenvalue weighted by Crippen LogP contribution is -2.32. The Bertz CT molecular complexity index is 1560. The number of hydrogen-bond acceptors (Lipinski definition) is 1. The van der Waals surface area contributed by atoms with Gasteiger partial charge in [-0.15, -0.1) is 0 Å². The van der Waals surface area contributed by atoms with E-state index in [1.807, 2.05) is 12.1 Å². The number of aromatic nitrogens is 1. The lowest BCUT2D eigenvalue weighted by Gasteiger charge is -2.09. The van der Waals surface area contributed by atoms with Crippen molar-refractivity contribution in [2.75, 3.05) is 0 Å². The molecular weight excluding hydrogens is 392 g/mol. The second-order valence-corrected chi connectivity index (χ2v) is 8.63. The summed E-state index contributed by atoms with van der Waals surface area (Å²) in [5.41, 5.74) is 11.2. The van der Waals surface area contributed by atoms with E-state index in [-0.39, 0.29) is 0 Å². The molecule has 2 aromatic heterocycles. The molecule has 0 spiro atoms. The first-order valence-corrected chi connectivity index (χ1v) is 10.8. The molecule has 3 heteroatoms. The first-order valence-electron chi connectivity index (χ1n) is 10.8. The molecule has 3 aromatic carbocycles. The van der Waals surface area contributed by atoms with Crippen LogP contribution in [0.3, 0.4) is 0 Å². The fourth-order valence-corrected chi connectivity index (χ4v) is 4.62. The van der Waals surface area contributed by atoms with Crippen LogP contribution in [0.5, 0.6) is 0 Å². The normalized spacial score (nSPS) is 11.2. The Kier molecular flexibility index (Phi) is 4.60. The largest absolute Gasteiger partial charge is 0.456 e. The van der Waals surface area contributed by atoms with E-state index in [1.54, 1.807) is 0 Å². The predicted molar refractivity (Wildman–Crippen MR) is 131 cm³/mol. The van der Waals surface area contributed by atoms with Crippen molar-refractivity contribution in [1.29, 1.82) is 0 Å². The Morgan fingerprint density at radius 2 is 1.41 bits per heavy atom. The van der Waals surface area contributed by atoms with Gasteiger partial charge in [-0.1, -0.05) is 54.1 Å². The molecule has 0 fully saturated rings. The molecule has 2 heterocycles. The van der Waals surface area contributed by atoms with E-state index in [4.69, 9.17) is 11.0 Å². The highest BCUT2D eigenvalue weighted by molar-refractivity contribution is 6.15. The number of fused-ring (bicyclic) bond motifs is 3. The molecule has 0 unspecified atom stereocenters. The summed E-state index contributed by atoms with van der Waals surface area (Å²) in [6, 6.07) is 18.7. The Balaban J connectivity index is 1.93. The lowest BCUT2D eigenvalue weighted by atomic mass is 9.95. The zero-order chi connectivity index (χ0) is 22.6. The van der Waals surface area contributed by atoms with Gasteiger partial charge in [0.05, 0.1) is 12.1 Å². The van der Waals surface area contributed by atoms with Crippen molar-refractivity contribution in [2.45, 2.75) is 27.7 Å². The quantitative estimate of drug-likeness (QED) is 0.215. The highest BCUT2D eigenvalue weighted by atomic mass is 16.3. The Morgan fingerprint density at radius 1 is 0.750 bits per heavy atom. The second-order valence-electron chi connectivity index (χ2n) is 8.63. The monoisotopic (exact) mass is 417 g/mol. The molecular formula is C29H25N2O+. The van der Waals surface area contributed by atoms with Crippen LogP contribution >= 0.6 is 0 Å². The van der Waals surface area contributed by atoms with Crippen LogP contribution in [-0.2, 0) is 7.05 Å². The molecule has 0 saturated heterocycles. The molecule has 0 amide bonds. The minimum Gasteiger partial charge on any atom is -0.456 e. The molecule has 0 aliphatic rings. The summed E-state index contributed by atoms with van der Waals surface area (Å²) in [5.74, 6) is 0. The molecule has 0 aliphatic carbocycles. The molecule has 0 saturated carbocycles. The fourth-order valence-electron chi connectivity index (χ4n) is 4.62. The molecule has 0 N–H and O–H groups in total. The van der Waals surface area contributed by atoms with Gasteiger partial charge < -0.3 is 4.42 Å². The third-order valence-electron chi connectivity index (χ3n) is 6.54. The molecule has 32 heavy (non-hydrogen) atoms. The van der Waals surface area contributed by atoms with Crippen LogP contribution in [0.4, 0.5) is 5.69 Å². The summed E-state index contributed by atoms with van der Waals surface area (Å²) in [4.78, 5) is 3.81. The summed E-state index contributed by atoms with van der Waals surface area (Å²) < 4.78 is 8.84. The van der Waals surface area contributed by atoms with E-state index in [0.717, 1.165) is 44.3 Å². The highest BCUT2D eigenvalue weighted by Gasteiger charge is 2.25. The van der Waals surface area contributed by atoms with Crippen LogP contribution in [0.2, 0.25) is 0 Å². The molecule has 0 radical (unpaired) electrons. The van der Waals surface area contributed by atoms with Gasteiger partial charge in [-0.3, -0.25) is 0 Å². The molecule has 0 aliphatic heterocycles. The average molecular weight is 418 g/mol. The molecule has 5 rings (SSSR count). The van der Waals surface area contributed by atoms with Gasteiger partial charge in [-0.2, -0.15) is 0 Å². The number of rotatable bonds is 2. The van der Waals surface area contributed by atoms with Crippen LogP contribution in [0.15, 0.2) is 65.2 Å². The third-order valence-corrected chi connectivity index (χ3v) is 6.54. The fraction of sp³-hybridized carbons (Fsp3) is 0.172. The van der Waals surface area contributed by atoms with Crippen molar-refractivity contribution < 1.29 is 8.98 Å². The maximum absolute atomic E-state index is 7.76. The molecule has 3 nitrogen and oxygen atoms in total.